The number of aliphatic hydroxyl groups is 1. The van der Waals surface area contributed by atoms with Crippen molar-refractivity contribution in [2.45, 2.75) is 0 Å². The molecule has 0 radical (unpaired) electrons. The molecular formula is C3H7NO2S. The van der Waals surface area contributed by atoms with Gasteiger partial charge in [-0.2, -0.15) is 0 Å². The molecule has 0 aromatic rings. The standard InChI is InChI=1S/C3H7NO2S/c1-7-4-3(6)2-5/h5H,2H2,1H3,(H,4,6). The minimum Gasteiger partial charge on any atom is -0.387 e. The molecular weight excluding hydrogens is 114 g/mol. The summed E-state index contributed by atoms with van der Waals surface area (Å²) in [6, 6.07) is 0. The first-order valence-corrected chi connectivity index (χ1v) is 2.96. The first-order chi connectivity index (χ1) is 3.31. The third-order valence-corrected chi connectivity index (χ3v) is 0.791. The lowest BCUT2D eigenvalue weighted by atomic mass is 10.7. The minimum atomic E-state index is -0.430. The number of carbonyl (C=O) groups is 1. The van der Waals surface area contributed by atoms with E-state index in [1.165, 1.54) is 11.9 Å². The Hall–Kier alpha value is -0.220. The van der Waals surface area contributed by atoms with E-state index >= 15 is 0 Å². The number of aliphatic hydroxyl groups excluding tert-OH is 1. The Labute approximate surface area is 46.2 Å². The lowest BCUT2D eigenvalue weighted by molar-refractivity contribution is -0.121. The quantitative estimate of drug-likeness (QED) is 0.478. The van der Waals surface area contributed by atoms with Crippen molar-refractivity contribution in [1.82, 2.24) is 4.72 Å². The molecule has 0 aliphatic rings. The van der Waals surface area contributed by atoms with Crippen LogP contribution in [0, 0.1) is 0 Å². The fourth-order valence-electron chi connectivity index (χ4n) is 0.146. The summed E-state index contributed by atoms with van der Waals surface area (Å²) in [5, 5.41) is 8.04. The molecule has 0 aromatic heterocycles. The Bertz CT molecular complexity index is 66.0. The zero-order chi connectivity index (χ0) is 5.70. The maximum Gasteiger partial charge on any atom is 0.255 e. The normalized spacial score (nSPS) is 8.29. The second kappa shape index (κ2) is 3.95. The topological polar surface area (TPSA) is 49.3 Å². The van der Waals surface area contributed by atoms with Gasteiger partial charge in [0.2, 0.25) is 0 Å². The van der Waals surface area contributed by atoms with E-state index in [4.69, 9.17) is 5.11 Å². The molecule has 0 saturated heterocycles. The fourth-order valence-corrected chi connectivity index (χ4v) is 0.438. The van der Waals surface area contributed by atoms with Crippen LogP contribution in [0.15, 0.2) is 0 Å². The molecule has 3 nitrogen and oxygen atoms in total. The number of hydrogen-bond acceptors (Lipinski definition) is 3. The summed E-state index contributed by atoms with van der Waals surface area (Å²) < 4.78 is 2.32. The third-order valence-electron chi connectivity index (χ3n) is 0.360. The van der Waals surface area contributed by atoms with Crippen molar-refractivity contribution in [1.29, 1.82) is 0 Å². The van der Waals surface area contributed by atoms with Gasteiger partial charge in [0.25, 0.3) is 5.91 Å². The average Bonchev–Trinajstić information content (AvgIpc) is 1.68. The Morgan fingerprint density at radius 1 is 2.00 bits per heavy atom. The summed E-state index contributed by atoms with van der Waals surface area (Å²) in [5.41, 5.74) is 0. The van der Waals surface area contributed by atoms with E-state index in [-0.39, 0.29) is 5.91 Å². The highest BCUT2D eigenvalue weighted by Crippen LogP contribution is 1.78. The predicted octanol–water partition coefficient (Wildman–Crippen LogP) is -0.627. The molecule has 0 aliphatic carbocycles. The van der Waals surface area contributed by atoms with E-state index in [1.54, 1.807) is 6.26 Å². The molecule has 0 fully saturated rings. The highest BCUT2D eigenvalue weighted by Gasteiger charge is 1.90. The van der Waals surface area contributed by atoms with Crippen LogP contribution in [0.25, 0.3) is 0 Å². The van der Waals surface area contributed by atoms with E-state index in [2.05, 4.69) is 4.72 Å². The number of rotatable bonds is 2. The van der Waals surface area contributed by atoms with Gasteiger partial charge in [-0.15, -0.1) is 0 Å². The van der Waals surface area contributed by atoms with Crippen molar-refractivity contribution in [3.63, 3.8) is 0 Å². The molecule has 0 aromatic carbocycles. The smallest absolute Gasteiger partial charge is 0.255 e. The van der Waals surface area contributed by atoms with Gasteiger partial charge in [0.15, 0.2) is 0 Å². The summed E-state index contributed by atoms with van der Waals surface area (Å²) in [6.07, 6.45) is 1.72. The number of hydrogen-bond donors (Lipinski definition) is 2. The average molecular weight is 121 g/mol. The van der Waals surface area contributed by atoms with E-state index in [0.29, 0.717) is 0 Å². The van der Waals surface area contributed by atoms with Crippen molar-refractivity contribution in [2.24, 2.45) is 0 Å². The zero-order valence-corrected chi connectivity index (χ0v) is 4.79. The predicted molar refractivity (Wildman–Crippen MR) is 28.7 cm³/mol. The van der Waals surface area contributed by atoms with Crippen LogP contribution in [-0.4, -0.2) is 23.9 Å². The first kappa shape index (κ1) is 6.78. The van der Waals surface area contributed by atoms with Gasteiger partial charge in [0.1, 0.15) is 6.61 Å². The Balaban J connectivity index is 3.00. The van der Waals surface area contributed by atoms with Crippen LogP contribution in [0.1, 0.15) is 0 Å². The first-order valence-electron chi connectivity index (χ1n) is 1.74. The van der Waals surface area contributed by atoms with Gasteiger partial charge in [-0.3, -0.25) is 9.52 Å². The van der Waals surface area contributed by atoms with Crippen molar-refractivity contribution in [3.8, 4) is 0 Å². The highest BCUT2D eigenvalue weighted by molar-refractivity contribution is 7.97. The van der Waals surface area contributed by atoms with E-state index in [1.807, 2.05) is 0 Å². The minimum absolute atomic E-state index is 0.354. The van der Waals surface area contributed by atoms with Crippen molar-refractivity contribution >= 4 is 17.9 Å². The van der Waals surface area contributed by atoms with Crippen molar-refractivity contribution in [3.05, 3.63) is 0 Å². The lowest BCUT2D eigenvalue weighted by Crippen LogP contribution is -2.18. The summed E-state index contributed by atoms with van der Waals surface area (Å²) in [5.74, 6) is -0.354. The number of carbonyl (C=O) groups excluding carboxylic acids is 1. The highest BCUT2D eigenvalue weighted by atomic mass is 32.2. The van der Waals surface area contributed by atoms with Gasteiger partial charge in [-0.1, -0.05) is 11.9 Å². The Morgan fingerprint density at radius 3 is 2.71 bits per heavy atom. The van der Waals surface area contributed by atoms with Gasteiger partial charge in [0.05, 0.1) is 0 Å². The molecule has 0 saturated carbocycles. The van der Waals surface area contributed by atoms with Gasteiger partial charge in [0, 0.05) is 6.26 Å². The van der Waals surface area contributed by atoms with Crippen LogP contribution < -0.4 is 4.72 Å². The molecule has 2 N–H and O–H groups in total. The summed E-state index contributed by atoms with van der Waals surface area (Å²) >= 11 is 1.17. The molecule has 0 rings (SSSR count). The fraction of sp³-hybridized carbons (Fsp3) is 0.667. The number of nitrogens with one attached hydrogen (secondary N) is 1. The van der Waals surface area contributed by atoms with E-state index in [9.17, 15) is 4.79 Å². The maximum atomic E-state index is 10.0. The van der Waals surface area contributed by atoms with Gasteiger partial charge >= 0.3 is 0 Å². The molecule has 4 heteroatoms. The van der Waals surface area contributed by atoms with Crippen LogP contribution in [-0.2, 0) is 4.79 Å². The van der Waals surface area contributed by atoms with Crippen LogP contribution in [0.2, 0.25) is 0 Å². The van der Waals surface area contributed by atoms with Gasteiger partial charge in [-0.25, -0.2) is 0 Å². The summed E-state index contributed by atoms with van der Waals surface area (Å²) in [4.78, 5) is 10.0. The third kappa shape index (κ3) is 3.61. The molecule has 0 heterocycles. The molecule has 7 heavy (non-hydrogen) atoms. The van der Waals surface area contributed by atoms with E-state index in [0.717, 1.165) is 0 Å². The molecule has 0 spiro atoms. The second-order valence-electron chi connectivity index (χ2n) is 0.887. The molecule has 0 aliphatic heterocycles. The number of amides is 1. The van der Waals surface area contributed by atoms with Crippen LogP contribution >= 0.6 is 11.9 Å². The van der Waals surface area contributed by atoms with Crippen molar-refractivity contribution in [2.75, 3.05) is 12.9 Å². The van der Waals surface area contributed by atoms with E-state index < -0.39 is 6.61 Å². The van der Waals surface area contributed by atoms with Crippen LogP contribution in [0.4, 0.5) is 0 Å². The monoisotopic (exact) mass is 121 g/mol. The van der Waals surface area contributed by atoms with Crippen LogP contribution in [0.3, 0.4) is 0 Å². The largest absolute Gasteiger partial charge is 0.387 e. The molecule has 0 unspecified atom stereocenters. The Kier molecular flexibility index (Phi) is 3.83. The van der Waals surface area contributed by atoms with Crippen LogP contribution in [0.5, 0.6) is 0 Å². The molecule has 0 bridgehead atoms. The zero-order valence-electron chi connectivity index (χ0n) is 3.97. The SMILES string of the molecule is CSNC(=O)CO. The lowest BCUT2D eigenvalue weighted by Gasteiger charge is -1.92. The Morgan fingerprint density at radius 2 is 2.57 bits per heavy atom. The maximum absolute atomic E-state index is 10.0. The summed E-state index contributed by atoms with van der Waals surface area (Å²) in [6.45, 7) is -0.430. The molecule has 42 valence electrons. The van der Waals surface area contributed by atoms with Gasteiger partial charge < -0.3 is 5.11 Å². The molecule has 1 amide bonds. The molecule has 0 atom stereocenters. The van der Waals surface area contributed by atoms with Gasteiger partial charge in [-0.05, 0) is 0 Å². The van der Waals surface area contributed by atoms with Crippen molar-refractivity contribution < 1.29 is 9.90 Å². The summed E-state index contributed by atoms with van der Waals surface area (Å²) in [7, 11) is 0. The second-order valence-corrected chi connectivity index (χ2v) is 1.50.